The van der Waals surface area contributed by atoms with Gasteiger partial charge in [0.15, 0.2) is 0 Å². The molecule has 0 saturated heterocycles. The second kappa shape index (κ2) is 9.20. The molecule has 0 bridgehead atoms. The van der Waals surface area contributed by atoms with E-state index in [2.05, 4.69) is 24.3 Å². The van der Waals surface area contributed by atoms with E-state index in [-0.39, 0.29) is 12.1 Å². The minimum atomic E-state index is -0.899. The number of ether oxygens (including phenoxy) is 1. The first-order valence-electron chi connectivity index (χ1n) is 10.0. The van der Waals surface area contributed by atoms with Crippen molar-refractivity contribution in [2.24, 2.45) is 23.7 Å². The fourth-order valence-corrected chi connectivity index (χ4v) is 4.45. The molecule has 0 aromatic heterocycles. The third kappa shape index (κ3) is 4.87. The van der Waals surface area contributed by atoms with E-state index in [0.29, 0.717) is 24.7 Å². The summed E-state index contributed by atoms with van der Waals surface area (Å²) in [7, 11) is 0. The lowest BCUT2D eigenvalue weighted by atomic mass is 9.81. The van der Waals surface area contributed by atoms with Gasteiger partial charge in [0.25, 0.3) is 0 Å². The number of allylic oxidation sites excluding steroid dienone is 6. The van der Waals surface area contributed by atoms with E-state index < -0.39 is 17.8 Å². The Balaban J connectivity index is 1.69. The Kier molecular flexibility index (Phi) is 6.70. The van der Waals surface area contributed by atoms with Gasteiger partial charge in [-0.3, -0.25) is 9.59 Å². The lowest BCUT2D eigenvalue weighted by Gasteiger charge is -2.33. The molecular weight excluding hydrogens is 328 g/mol. The second-order valence-corrected chi connectivity index (χ2v) is 7.87. The van der Waals surface area contributed by atoms with E-state index in [9.17, 15) is 14.7 Å². The van der Waals surface area contributed by atoms with Gasteiger partial charge in [0.05, 0.1) is 11.8 Å². The maximum Gasteiger partial charge on any atom is 0.310 e. The molecule has 4 nitrogen and oxygen atoms in total. The molecule has 0 spiro atoms. The van der Waals surface area contributed by atoms with Crippen LogP contribution in [0.15, 0.2) is 36.5 Å². The molecule has 0 heterocycles. The fourth-order valence-electron chi connectivity index (χ4n) is 4.45. The molecule has 0 aromatic carbocycles. The molecule has 0 aliphatic heterocycles. The Hall–Kier alpha value is -1.84. The van der Waals surface area contributed by atoms with Crippen LogP contribution in [0.4, 0.5) is 0 Å². The van der Waals surface area contributed by atoms with Crippen LogP contribution in [0, 0.1) is 23.7 Å². The summed E-state index contributed by atoms with van der Waals surface area (Å²) in [5, 5.41) is 9.44. The first-order chi connectivity index (χ1) is 12.6. The van der Waals surface area contributed by atoms with Crippen molar-refractivity contribution in [3.63, 3.8) is 0 Å². The van der Waals surface area contributed by atoms with Crippen LogP contribution in [0.2, 0.25) is 0 Å². The SMILES string of the molecule is O=C(O)C1CC=CCC1C(=O)OC(CC1C=CCCC1)C1CC=CCC1. The van der Waals surface area contributed by atoms with Gasteiger partial charge in [0.2, 0.25) is 0 Å². The Morgan fingerprint density at radius 1 is 0.962 bits per heavy atom. The van der Waals surface area contributed by atoms with Crippen LogP contribution >= 0.6 is 0 Å². The Labute approximate surface area is 156 Å². The summed E-state index contributed by atoms with van der Waals surface area (Å²) in [6.45, 7) is 0. The number of rotatable bonds is 6. The summed E-state index contributed by atoms with van der Waals surface area (Å²) in [6, 6.07) is 0. The Morgan fingerprint density at radius 3 is 2.38 bits per heavy atom. The maximum absolute atomic E-state index is 12.9. The molecule has 3 aliphatic carbocycles. The Morgan fingerprint density at radius 2 is 1.73 bits per heavy atom. The monoisotopic (exact) mass is 358 g/mol. The zero-order valence-corrected chi connectivity index (χ0v) is 15.4. The fraction of sp³-hybridized carbons (Fsp3) is 0.636. The highest BCUT2D eigenvalue weighted by atomic mass is 16.5. The van der Waals surface area contributed by atoms with Crippen LogP contribution in [0.1, 0.15) is 57.8 Å². The first-order valence-corrected chi connectivity index (χ1v) is 10.0. The van der Waals surface area contributed by atoms with E-state index >= 15 is 0 Å². The van der Waals surface area contributed by atoms with Gasteiger partial charge in [-0.1, -0.05) is 36.5 Å². The maximum atomic E-state index is 12.9. The average molecular weight is 358 g/mol. The zero-order chi connectivity index (χ0) is 18.4. The van der Waals surface area contributed by atoms with Crippen molar-refractivity contribution in [1.82, 2.24) is 0 Å². The minimum absolute atomic E-state index is 0.111. The van der Waals surface area contributed by atoms with E-state index in [1.807, 2.05) is 12.2 Å². The van der Waals surface area contributed by atoms with Crippen molar-refractivity contribution in [3.05, 3.63) is 36.5 Å². The zero-order valence-electron chi connectivity index (χ0n) is 15.4. The van der Waals surface area contributed by atoms with Gasteiger partial charge in [-0.25, -0.2) is 0 Å². The van der Waals surface area contributed by atoms with Crippen LogP contribution in [-0.4, -0.2) is 23.1 Å². The smallest absolute Gasteiger partial charge is 0.310 e. The highest BCUT2D eigenvalue weighted by Crippen LogP contribution is 2.34. The van der Waals surface area contributed by atoms with Gasteiger partial charge in [0, 0.05) is 0 Å². The van der Waals surface area contributed by atoms with Crippen molar-refractivity contribution in [2.75, 3.05) is 0 Å². The first kappa shape index (κ1) is 18.9. The summed E-state index contributed by atoms with van der Waals surface area (Å²) in [4.78, 5) is 24.4. The minimum Gasteiger partial charge on any atom is -0.481 e. The van der Waals surface area contributed by atoms with Crippen LogP contribution < -0.4 is 0 Å². The summed E-state index contributed by atoms with van der Waals surface area (Å²) in [5.74, 6) is -1.62. The quantitative estimate of drug-likeness (QED) is 0.554. The van der Waals surface area contributed by atoms with Gasteiger partial charge in [-0.15, -0.1) is 0 Å². The summed E-state index contributed by atoms with van der Waals surface area (Å²) < 4.78 is 6.01. The molecule has 1 N–H and O–H groups in total. The topological polar surface area (TPSA) is 63.6 Å². The van der Waals surface area contributed by atoms with Crippen molar-refractivity contribution < 1.29 is 19.4 Å². The molecule has 0 radical (unpaired) electrons. The molecular formula is C22H30O4. The predicted octanol–water partition coefficient (Wildman–Crippen LogP) is 4.67. The molecule has 0 fully saturated rings. The molecule has 142 valence electrons. The number of carboxylic acid groups (broad SMARTS) is 1. The number of carbonyl (C=O) groups is 2. The molecule has 5 atom stereocenters. The number of esters is 1. The number of carboxylic acids is 1. The van der Waals surface area contributed by atoms with E-state index in [4.69, 9.17) is 4.74 Å². The highest BCUT2D eigenvalue weighted by molar-refractivity contribution is 5.81. The predicted molar refractivity (Wildman–Crippen MR) is 100 cm³/mol. The van der Waals surface area contributed by atoms with Crippen LogP contribution in [0.5, 0.6) is 0 Å². The highest BCUT2D eigenvalue weighted by Gasteiger charge is 2.37. The lowest BCUT2D eigenvalue weighted by molar-refractivity contribution is -0.165. The van der Waals surface area contributed by atoms with Crippen molar-refractivity contribution in [1.29, 1.82) is 0 Å². The lowest BCUT2D eigenvalue weighted by Crippen LogP contribution is -2.37. The van der Waals surface area contributed by atoms with E-state index in [0.717, 1.165) is 38.5 Å². The summed E-state index contributed by atoms with van der Waals surface area (Å²) >= 11 is 0. The molecule has 3 aliphatic rings. The van der Waals surface area contributed by atoms with Gasteiger partial charge >= 0.3 is 11.9 Å². The molecule has 26 heavy (non-hydrogen) atoms. The molecule has 5 unspecified atom stereocenters. The Bertz CT molecular complexity index is 589. The standard InChI is InChI=1S/C22H30O4/c23-21(24)18-13-7-8-14-19(18)22(25)26-20(17-11-5-2-6-12-17)15-16-9-3-1-4-10-16/h2-3,5,7-9,16-20H,1,4,6,10-15H2,(H,23,24). The molecule has 0 amide bonds. The number of aliphatic carboxylic acids is 1. The average Bonchev–Trinajstić information content (AvgIpc) is 2.69. The van der Waals surface area contributed by atoms with Gasteiger partial charge in [-0.05, 0) is 69.6 Å². The van der Waals surface area contributed by atoms with E-state index in [1.54, 1.807) is 0 Å². The molecule has 3 rings (SSSR count). The van der Waals surface area contributed by atoms with Crippen LogP contribution in [0.25, 0.3) is 0 Å². The molecule has 0 saturated carbocycles. The number of hydrogen-bond acceptors (Lipinski definition) is 3. The summed E-state index contributed by atoms with van der Waals surface area (Å²) in [5.41, 5.74) is 0. The van der Waals surface area contributed by atoms with Gasteiger partial charge < -0.3 is 9.84 Å². The van der Waals surface area contributed by atoms with Crippen molar-refractivity contribution in [2.45, 2.75) is 63.9 Å². The van der Waals surface area contributed by atoms with Crippen molar-refractivity contribution >= 4 is 11.9 Å². The van der Waals surface area contributed by atoms with Gasteiger partial charge in [0.1, 0.15) is 6.10 Å². The van der Waals surface area contributed by atoms with Crippen LogP contribution in [-0.2, 0) is 14.3 Å². The largest absolute Gasteiger partial charge is 0.481 e. The normalized spacial score (nSPS) is 32.2. The second-order valence-electron chi connectivity index (χ2n) is 7.87. The third-order valence-corrected chi connectivity index (χ3v) is 6.04. The van der Waals surface area contributed by atoms with E-state index in [1.165, 1.54) is 6.42 Å². The molecule has 4 heteroatoms. The molecule has 0 aromatic rings. The van der Waals surface area contributed by atoms with Crippen molar-refractivity contribution in [3.8, 4) is 0 Å². The number of carbonyl (C=O) groups excluding carboxylic acids is 1. The number of hydrogen-bond donors (Lipinski definition) is 1. The summed E-state index contributed by atoms with van der Waals surface area (Å²) in [6.07, 6.45) is 20.8. The van der Waals surface area contributed by atoms with Crippen LogP contribution in [0.3, 0.4) is 0 Å². The van der Waals surface area contributed by atoms with Gasteiger partial charge in [-0.2, -0.15) is 0 Å². The third-order valence-electron chi connectivity index (χ3n) is 6.04.